The van der Waals surface area contributed by atoms with Gasteiger partial charge in [0, 0.05) is 6.54 Å². The van der Waals surface area contributed by atoms with E-state index in [4.69, 9.17) is 9.47 Å². The summed E-state index contributed by atoms with van der Waals surface area (Å²) >= 11 is 0. The SMILES string of the molecule is CC(C)(C)[C@H](NC(=O)OCc1ccccc1)C(=O)NC(Cc1ccc(OCc2ccccc2)cc1)C(O)C(F)(F)C(=O)NCc1ccccc1. The molecule has 4 aromatic carbocycles. The minimum Gasteiger partial charge on any atom is -0.489 e. The van der Waals surface area contributed by atoms with E-state index in [1.807, 2.05) is 36.4 Å². The summed E-state index contributed by atoms with van der Waals surface area (Å²) in [4.78, 5) is 39.2. The standard InChI is InChI=1S/C39H43F2N3O6/c1-38(2,3)33(44-37(48)50-26-30-17-11-6-12-18-30)35(46)43-32(34(45)39(40,41)36(47)42-24-28-13-7-4-8-14-28)23-27-19-21-31(22-20-27)49-25-29-15-9-5-10-16-29/h4-22,32-34,45H,23-26H2,1-3H3,(H,42,47)(H,43,46)(H,44,48)/t32?,33-,34?/m1/s1. The first-order valence-corrected chi connectivity index (χ1v) is 16.2. The molecule has 3 amide bonds. The smallest absolute Gasteiger partial charge is 0.408 e. The van der Waals surface area contributed by atoms with E-state index in [-0.39, 0.29) is 19.6 Å². The predicted molar refractivity (Wildman–Crippen MR) is 185 cm³/mol. The lowest BCUT2D eigenvalue weighted by Crippen LogP contribution is -2.62. The quantitative estimate of drug-likeness (QED) is 0.123. The van der Waals surface area contributed by atoms with Gasteiger partial charge in [-0.05, 0) is 46.2 Å². The van der Waals surface area contributed by atoms with Crippen LogP contribution in [-0.4, -0.2) is 47.1 Å². The zero-order valence-corrected chi connectivity index (χ0v) is 28.3. The van der Waals surface area contributed by atoms with Gasteiger partial charge in [-0.25, -0.2) is 4.79 Å². The molecule has 0 radical (unpaired) electrons. The number of carbonyl (C=O) groups excluding carboxylic acids is 3. The van der Waals surface area contributed by atoms with Crippen molar-refractivity contribution in [3.63, 3.8) is 0 Å². The molecule has 2 unspecified atom stereocenters. The van der Waals surface area contributed by atoms with Crippen molar-refractivity contribution < 1.29 is 37.7 Å². The van der Waals surface area contributed by atoms with Gasteiger partial charge in [0.1, 0.15) is 31.1 Å². The molecule has 0 saturated carbocycles. The summed E-state index contributed by atoms with van der Waals surface area (Å²) in [6.45, 7) is 5.11. The van der Waals surface area contributed by atoms with Gasteiger partial charge in [0.2, 0.25) is 5.91 Å². The highest BCUT2D eigenvalue weighted by atomic mass is 19.3. The van der Waals surface area contributed by atoms with Crippen LogP contribution in [0.3, 0.4) is 0 Å². The van der Waals surface area contributed by atoms with E-state index in [2.05, 4.69) is 16.0 Å². The molecule has 50 heavy (non-hydrogen) atoms. The molecule has 0 aliphatic carbocycles. The van der Waals surface area contributed by atoms with E-state index in [1.165, 1.54) is 0 Å². The Bertz CT molecular complexity index is 1670. The van der Waals surface area contributed by atoms with E-state index in [1.54, 1.807) is 99.6 Å². The number of alkyl carbamates (subject to hydrolysis) is 1. The topological polar surface area (TPSA) is 126 Å². The molecule has 11 heteroatoms. The molecule has 0 aliphatic heterocycles. The first-order chi connectivity index (χ1) is 23.8. The van der Waals surface area contributed by atoms with Crippen LogP contribution in [0.5, 0.6) is 5.75 Å². The second kappa shape index (κ2) is 17.4. The summed E-state index contributed by atoms with van der Waals surface area (Å²) in [5, 5.41) is 18.3. The number of hydrogen-bond donors (Lipinski definition) is 4. The Hall–Kier alpha value is -5.29. The van der Waals surface area contributed by atoms with Crippen molar-refractivity contribution in [3.8, 4) is 5.75 Å². The molecule has 0 fully saturated rings. The Kier molecular flexibility index (Phi) is 13.1. The van der Waals surface area contributed by atoms with Gasteiger partial charge in [0.25, 0.3) is 5.91 Å². The van der Waals surface area contributed by atoms with Crippen molar-refractivity contribution in [1.29, 1.82) is 0 Å². The van der Waals surface area contributed by atoms with Gasteiger partial charge in [0.15, 0.2) is 0 Å². The summed E-state index contributed by atoms with van der Waals surface area (Å²) in [6.07, 6.45) is -3.80. The second-order valence-electron chi connectivity index (χ2n) is 13.0. The fourth-order valence-corrected chi connectivity index (χ4v) is 5.07. The van der Waals surface area contributed by atoms with E-state index in [0.717, 1.165) is 11.1 Å². The van der Waals surface area contributed by atoms with Crippen LogP contribution in [0.2, 0.25) is 0 Å². The second-order valence-corrected chi connectivity index (χ2v) is 13.0. The molecule has 9 nitrogen and oxygen atoms in total. The van der Waals surface area contributed by atoms with Crippen molar-refractivity contribution in [3.05, 3.63) is 138 Å². The highest BCUT2D eigenvalue weighted by Gasteiger charge is 2.51. The number of nitrogens with one attached hydrogen (secondary N) is 3. The first-order valence-electron chi connectivity index (χ1n) is 16.2. The third kappa shape index (κ3) is 11.1. The summed E-state index contributed by atoms with van der Waals surface area (Å²) < 4.78 is 42.4. The molecule has 0 spiro atoms. The number of amides is 3. The van der Waals surface area contributed by atoms with Crippen LogP contribution in [0.1, 0.15) is 43.0 Å². The highest BCUT2D eigenvalue weighted by molar-refractivity contribution is 5.87. The van der Waals surface area contributed by atoms with Crippen molar-refractivity contribution >= 4 is 17.9 Å². The van der Waals surface area contributed by atoms with E-state index < -0.39 is 47.4 Å². The minimum atomic E-state index is -4.30. The average Bonchev–Trinajstić information content (AvgIpc) is 3.11. The van der Waals surface area contributed by atoms with Gasteiger partial charge in [-0.3, -0.25) is 9.59 Å². The van der Waals surface area contributed by atoms with E-state index >= 15 is 8.78 Å². The molecule has 0 heterocycles. The molecule has 4 aromatic rings. The number of aliphatic hydroxyl groups excluding tert-OH is 1. The molecule has 0 saturated heterocycles. The number of rotatable bonds is 15. The molecular weight excluding hydrogens is 644 g/mol. The summed E-state index contributed by atoms with van der Waals surface area (Å²) in [5.41, 5.74) is 1.85. The number of alkyl halides is 2. The molecular formula is C39H43F2N3O6. The number of halogens is 2. The molecule has 0 aliphatic rings. The summed E-state index contributed by atoms with van der Waals surface area (Å²) in [7, 11) is 0. The lowest BCUT2D eigenvalue weighted by molar-refractivity contribution is -0.168. The molecule has 264 valence electrons. The normalized spacial score (nSPS) is 13.3. The number of carbonyl (C=O) groups is 3. The lowest BCUT2D eigenvalue weighted by Gasteiger charge is -2.34. The maximum Gasteiger partial charge on any atom is 0.408 e. The Morgan fingerprint density at radius 3 is 1.76 bits per heavy atom. The monoisotopic (exact) mass is 687 g/mol. The number of ether oxygens (including phenoxy) is 2. The van der Waals surface area contributed by atoms with Crippen molar-refractivity contribution in [2.24, 2.45) is 5.41 Å². The first kappa shape index (κ1) is 37.5. The van der Waals surface area contributed by atoms with Gasteiger partial charge >= 0.3 is 12.0 Å². The maximum atomic E-state index is 15.6. The predicted octanol–water partition coefficient (Wildman–Crippen LogP) is 5.95. The highest BCUT2D eigenvalue weighted by Crippen LogP contribution is 2.26. The third-order valence-corrected chi connectivity index (χ3v) is 7.91. The molecule has 0 aromatic heterocycles. The van der Waals surface area contributed by atoms with Gasteiger partial charge < -0.3 is 30.5 Å². The van der Waals surface area contributed by atoms with Gasteiger partial charge in [0.05, 0.1) is 6.04 Å². The lowest BCUT2D eigenvalue weighted by atomic mass is 9.85. The molecule has 3 atom stereocenters. The van der Waals surface area contributed by atoms with Crippen LogP contribution < -0.4 is 20.7 Å². The number of aliphatic hydroxyl groups is 1. The summed E-state index contributed by atoms with van der Waals surface area (Å²) in [6, 6.07) is 30.6. The van der Waals surface area contributed by atoms with Crippen molar-refractivity contribution in [1.82, 2.24) is 16.0 Å². The van der Waals surface area contributed by atoms with Crippen LogP contribution in [0.15, 0.2) is 115 Å². The molecule has 0 bridgehead atoms. The average molecular weight is 688 g/mol. The zero-order chi connectivity index (χ0) is 36.1. The largest absolute Gasteiger partial charge is 0.489 e. The van der Waals surface area contributed by atoms with Crippen LogP contribution in [0.25, 0.3) is 0 Å². The minimum absolute atomic E-state index is 0.0537. The van der Waals surface area contributed by atoms with E-state index in [0.29, 0.717) is 23.5 Å². The summed E-state index contributed by atoms with van der Waals surface area (Å²) in [5.74, 6) is -6.32. The van der Waals surface area contributed by atoms with Crippen LogP contribution in [0.4, 0.5) is 13.6 Å². The Balaban J connectivity index is 1.51. The third-order valence-electron chi connectivity index (χ3n) is 7.91. The van der Waals surface area contributed by atoms with Gasteiger partial charge in [-0.15, -0.1) is 0 Å². The van der Waals surface area contributed by atoms with E-state index in [9.17, 15) is 19.5 Å². The fraction of sp³-hybridized carbons (Fsp3) is 0.308. The van der Waals surface area contributed by atoms with Crippen molar-refractivity contribution in [2.75, 3.05) is 0 Å². The Morgan fingerprint density at radius 2 is 1.22 bits per heavy atom. The Labute approximate surface area is 291 Å². The molecule has 4 rings (SSSR count). The number of hydrogen-bond acceptors (Lipinski definition) is 6. The van der Waals surface area contributed by atoms with Crippen LogP contribution >= 0.6 is 0 Å². The molecule has 4 N–H and O–H groups in total. The van der Waals surface area contributed by atoms with Crippen molar-refractivity contribution in [2.45, 2.75) is 71.1 Å². The van der Waals surface area contributed by atoms with Gasteiger partial charge in [-0.1, -0.05) is 124 Å². The fourth-order valence-electron chi connectivity index (χ4n) is 5.07. The maximum absolute atomic E-state index is 15.6. The van der Waals surface area contributed by atoms with Crippen LogP contribution in [-0.2, 0) is 40.5 Å². The number of benzene rings is 4. The van der Waals surface area contributed by atoms with Crippen LogP contribution in [0, 0.1) is 5.41 Å². The van der Waals surface area contributed by atoms with Gasteiger partial charge in [-0.2, -0.15) is 8.78 Å². The zero-order valence-electron chi connectivity index (χ0n) is 28.3. The Morgan fingerprint density at radius 1 is 0.700 bits per heavy atom.